The summed E-state index contributed by atoms with van der Waals surface area (Å²) in [5, 5.41) is 6.02. The fourth-order valence-corrected chi connectivity index (χ4v) is 8.18. The number of anilines is 2. The lowest BCUT2D eigenvalue weighted by Gasteiger charge is -2.30. The molecule has 2 saturated heterocycles. The highest BCUT2D eigenvalue weighted by Gasteiger charge is 2.38. The minimum absolute atomic E-state index is 0.0579. The maximum Gasteiger partial charge on any atom is 0.247 e. The van der Waals surface area contributed by atoms with Crippen molar-refractivity contribution in [3.8, 4) is 22.8 Å². The maximum atomic E-state index is 13.2. The van der Waals surface area contributed by atoms with Crippen LogP contribution in [0.1, 0.15) is 89.9 Å². The Kier molecular flexibility index (Phi) is 10.1. The van der Waals surface area contributed by atoms with Crippen LogP contribution in [0, 0.1) is 11.8 Å². The van der Waals surface area contributed by atoms with E-state index in [1.54, 1.807) is 16.0 Å². The van der Waals surface area contributed by atoms with Gasteiger partial charge in [-0.3, -0.25) is 19.2 Å². The molecule has 258 valence electrons. The van der Waals surface area contributed by atoms with Crippen molar-refractivity contribution in [1.29, 1.82) is 0 Å². The third-order valence-corrected chi connectivity index (χ3v) is 10.9. The van der Waals surface area contributed by atoms with E-state index >= 15 is 0 Å². The van der Waals surface area contributed by atoms with Crippen molar-refractivity contribution < 1.29 is 23.6 Å². The molecule has 2 unspecified atom stereocenters. The largest absolute Gasteiger partial charge is 0.436 e. The first kappa shape index (κ1) is 33.0. The van der Waals surface area contributed by atoms with Crippen LogP contribution in [0.25, 0.3) is 22.8 Å². The predicted molar refractivity (Wildman–Crippen MR) is 187 cm³/mol. The van der Waals surface area contributed by atoms with Crippen molar-refractivity contribution in [2.45, 2.75) is 102 Å². The van der Waals surface area contributed by atoms with Gasteiger partial charge in [0.1, 0.15) is 12.1 Å². The van der Waals surface area contributed by atoms with Crippen molar-refractivity contribution in [2.24, 2.45) is 11.8 Å². The average molecular weight is 666 g/mol. The number of aromatic nitrogens is 1. The first-order valence-electron chi connectivity index (χ1n) is 18.3. The minimum atomic E-state index is -0.420. The molecule has 10 nitrogen and oxygen atoms in total. The van der Waals surface area contributed by atoms with Crippen LogP contribution in [-0.4, -0.2) is 63.6 Å². The highest BCUT2D eigenvalue weighted by atomic mass is 16.4. The molecule has 0 spiro atoms. The number of nitrogens with zero attached hydrogens (tertiary/aromatic N) is 3. The lowest BCUT2D eigenvalue weighted by Crippen LogP contribution is -2.46. The van der Waals surface area contributed by atoms with E-state index in [1.807, 2.05) is 48.5 Å². The Morgan fingerprint density at radius 2 is 1.02 bits per heavy atom. The molecule has 2 atom stereocenters. The summed E-state index contributed by atoms with van der Waals surface area (Å²) in [7, 11) is 0. The van der Waals surface area contributed by atoms with Gasteiger partial charge in [-0.25, -0.2) is 4.98 Å². The van der Waals surface area contributed by atoms with Crippen LogP contribution in [0.5, 0.6) is 0 Å². The van der Waals surface area contributed by atoms with Crippen molar-refractivity contribution in [3.05, 3.63) is 54.7 Å². The molecule has 3 heterocycles. The third-order valence-electron chi connectivity index (χ3n) is 10.9. The molecule has 7 rings (SSSR count). The quantitative estimate of drug-likeness (QED) is 0.266. The van der Waals surface area contributed by atoms with E-state index in [0.29, 0.717) is 49.0 Å². The highest BCUT2D eigenvalue weighted by Crippen LogP contribution is 2.32. The molecule has 3 aromatic rings. The summed E-state index contributed by atoms with van der Waals surface area (Å²) in [6, 6.07) is 14.0. The van der Waals surface area contributed by atoms with E-state index in [9.17, 15) is 19.2 Å². The number of rotatable bonds is 8. The summed E-state index contributed by atoms with van der Waals surface area (Å²) in [5.41, 5.74) is 2.92. The number of benzene rings is 2. The number of hydrogen-bond donors (Lipinski definition) is 2. The van der Waals surface area contributed by atoms with Gasteiger partial charge in [-0.15, -0.1) is 0 Å². The smallest absolute Gasteiger partial charge is 0.247 e. The number of likely N-dealkylation sites (tertiary alicyclic amines) is 2. The molecule has 4 fully saturated rings. The number of oxazole rings is 1. The number of carbonyl (C=O) groups excluding carboxylic acids is 4. The van der Waals surface area contributed by atoms with Crippen molar-refractivity contribution >= 4 is 35.0 Å². The number of amides is 4. The zero-order valence-electron chi connectivity index (χ0n) is 28.2. The molecular formula is C39H47N5O5. The molecule has 4 aliphatic rings. The number of hydrogen-bond acceptors (Lipinski definition) is 6. The van der Waals surface area contributed by atoms with Crippen LogP contribution in [0.2, 0.25) is 0 Å². The van der Waals surface area contributed by atoms with Crippen LogP contribution in [0.3, 0.4) is 0 Å². The van der Waals surface area contributed by atoms with Crippen LogP contribution in [-0.2, 0) is 19.2 Å². The van der Waals surface area contributed by atoms with Crippen LogP contribution < -0.4 is 10.6 Å². The Morgan fingerprint density at radius 1 is 0.571 bits per heavy atom. The second-order valence-electron chi connectivity index (χ2n) is 14.2. The SMILES string of the molecule is O=C(Nc1ccc(-c2cnc(-c3ccc(NC(=O)C4CCCN4C(=O)C4CCCCC4)cc3)o2)cc1)C1CCCN1C(=O)C1CCCCC1. The van der Waals surface area contributed by atoms with Crippen molar-refractivity contribution in [3.63, 3.8) is 0 Å². The summed E-state index contributed by atoms with van der Waals surface area (Å²) in [6.45, 7) is 1.30. The van der Waals surface area contributed by atoms with Crippen LogP contribution >= 0.6 is 0 Å². The van der Waals surface area contributed by atoms with Gasteiger partial charge in [-0.05, 0) is 99.9 Å². The van der Waals surface area contributed by atoms with Gasteiger partial charge in [0.05, 0.1) is 6.20 Å². The van der Waals surface area contributed by atoms with Crippen molar-refractivity contribution in [1.82, 2.24) is 14.8 Å². The van der Waals surface area contributed by atoms with Gasteiger partial charge in [0.15, 0.2) is 5.76 Å². The minimum Gasteiger partial charge on any atom is -0.436 e. The summed E-state index contributed by atoms with van der Waals surface area (Å²) in [4.78, 5) is 60.8. The highest BCUT2D eigenvalue weighted by molar-refractivity contribution is 5.99. The molecule has 0 bridgehead atoms. The van der Waals surface area contributed by atoms with Gasteiger partial charge in [0.25, 0.3) is 0 Å². The Hall–Kier alpha value is -4.47. The molecule has 49 heavy (non-hydrogen) atoms. The Labute approximate surface area is 288 Å². The van der Waals surface area contributed by atoms with Crippen LogP contribution in [0.15, 0.2) is 59.1 Å². The summed E-state index contributed by atoms with van der Waals surface area (Å²) < 4.78 is 6.08. The van der Waals surface area contributed by atoms with Gasteiger partial charge >= 0.3 is 0 Å². The van der Waals surface area contributed by atoms with Crippen molar-refractivity contribution in [2.75, 3.05) is 23.7 Å². The second kappa shape index (κ2) is 15.0. The van der Waals surface area contributed by atoms with E-state index in [2.05, 4.69) is 15.6 Å². The predicted octanol–water partition coefficient (Wildman–Crippen LogP) is 7.03. The van der Waals surface area contributed by atoms with E-state index in [0.717, 1.165) is 75.3 Å². The Bertz CT molecular complexity index is 1520. The molecule has 2 aromatic carbocycles. The van der Waals surface area contributed by atoms with Gasteiger partial charge in [-0.1, -0.05) is 38.5 Å². The van der Waals surface area contributed by atoms with E-state index in [1.165, 1.54) is 12.8 Å². The lowest BCUT2D eigenvalue weighted by atomic mass is 9.88. The monoisotopic (exact) mass is 665 g/mol. The molecule has 2 aliphatic carbocycles. The summed E-state index contributed by atoms with van der Waals surface area (Å²) in [5.74, 6) is 1.18. The Morgan fingerprint density at radius 3 is 1.49 bits per heavy atom. The number of nitrogens with one attached hydrogen (secondary N) is 2. The molecule has 2 saturated carbocycles. The molecule has 1 aromatic heterocycles. The van der Waals surface area contributed by atoms with E-state index in [4.69, 9.17) is 4.42 Å². The molecule has 4 amide bonds. The first-order chi connectivity index (χ1) is 23.9. The van der Waals surface area contributed by atoms with Gasteiger partial charge in [0, 0.05) is 47.4 Å². The van der Waals surface area contributed by atoms with E-state index in [-0.39, 0.29) is 35.5 Å². The fraction of sp³-hybridized carbons (Fsp3) is 0.513. The number of carbonyl (C=O) groups is 4. The van der Waals surface area contributed by atoms with E-state index < -0.39 is 12.1 Å². The molecular weight excluding hydrogens is 618 g/mol. The van der Waals surface area contributed by atoms with Gasteiger partial charge in [-0.2, -0.15) is 0 Å². The lowest BCUT2D eigenvalue weighted by molar-refractivity contribution is -0.141. The standard InChI is InChI=1S/C39H47N5O5/c45-35(32-13-7-23-43(32)38(47)28-9-3-1-4-10-28)41-30-19-15-26(16-20-30)34-25-40-37(49-34)27-17-21-31(22-18-27)42-36(46)33-14-8-24-44(33)39(48)29-11-5-2-6-12-29/h15-22,25,28-29,32-33H,1-14,23-24H2,(H,41,45)(H,42,46). The van der Waals surface area contributed by atoms with Gasteiger partial charge in [0.2, 0.25) is 29.5 Å². The van der Waals surface area contributed by atoms with Crippen LogP contribution in [0.4, 0.5) is 11.4 Å². The second-order valence-corrected chi connectivity index (χ2v) is 14.2. The average Bonchev–Trinajstić information content (AvgIpc) is 3.94. The third kappa shape index (κ3) is 7.43. The zero-order chi connectivity index (χ0) is 33.7. The van der Waals surface area contributed by atoms with Gasteiger partial charge < -0.3 is 24.9 Å². The summed E-state index contributed by atoms with van der Waals surface area (Å²) >= 11 is 0. The zero-order valence-corrected chi connectivity index (χ0v) is 28.2. The maximum absolute atomic E-state index is 13.2. The normalized spacial score (nSPS) is 21.9. The Balaban J connectivity index is 0.932. The molecule has 2 aliphatic heterocycles. The topological polar surface area (TPSA) is 125 Å². The summed E-state index contributed by atoms with van der Waals surface area (Å²) in [6.07, 6.45) is 15.2. The first-order valence-corrected chi connectivity index (χ1v) is 18.3. The molecule has 2 N–H and O–H groups in total. The molecule has 0 radical (unpaired) electrons. The molecule has 10 heteroatoms. The fourth-order valence-electron chi connectivity index (χ4n) is 8.18.